The average Bonchev–Trinajstić information content (AvgIpc) is 2.67. The second kappa shape index (κ2) is 13.7. The van der Waals surface area contributed by atoms with Crippen LogP contribution in [0.3, 0.4) is 0 Å². The van der Waals surface area contributed by atoms with E-state index in [2.05, 4.69) is 15.8 Å². The molecule has 26 heavy (non-hydrogen) atoms. The highest BCUT2D eigenvalue weighted by Crippen LogP contribution is 2.15. The SMILES string of the molecule is S=C(NN=C1CCCCCCCCCCCCCC1)Nc1ccccc1. The van der Waals surface area contributed by atoms with Crippen molar-refractivity contribution in [2.45, 2.75) is 89.9 Å². The second-order valence-corrected chi connectivity index (χ2v) is 7.76. The molecule has 0 spiro atoms. The number of anilines is 1. The van der Waals surface area contributed by atoms with Crippen LogP contribution in [0.4, 0.5) is 5.69 Å². The van der Waals surface area contributed by atoms with E-state index >= 15 is 0 Å². The third-order valence-corrected chi connectivity index (χ3v) is 5.22. The van der Waals surface area contributed by atoms with Crippen LogP contribution in [0.2, 0.25) is 0 Å². The highest BCUT2D eigenvalue weighted by molar-refractivity contribution is 7.80. The predicted molar refractivity (Wildman–Crippen MR) is 118 cm³/mol. The van der Waals surface area contributed by atoms with Crippen molar-refractivity contribution in [2.24, 2.45) is 5.10 Å². The van der Waals surface area contributed by atoms with E-state index < -0.39 is 0 Å². The van der Waals surface area contributed by atoms with Crippen LogP contribution < -0.4 is 10.7 Å². The van der Waals surface area contributed by atoms with Gasteiger partial charge in [-0.25, -0.2) is 0 Å². The van der Waals surface area contributed by atoms with E-state index in [9.17, 15) is 0 Å². The van der Waals surface area contributed by atoms with E-state index in [0.717, 1.165) is 18.5 Å². The molecule has 4 heteroatoms. The van der Waals surface area contributed by atoms with E-state index in [4.69, 9.17) is 12.2 Å². The molecule has 0 heterocycles. The van der Waals surface area contributed by atoms with Crippen LogP contribution >= 0.6 is 12.2 Å². The van der Waals surface area contributed by atoms with Crippen molar-refractivity contribution in [2.75, 3.05) is 5.32 Å². The lowest BCUT2D eigenvalue weighted by atomic mass is 10.0. The molecule has 0 radical (unpaired) electrons. The number of hydrogen-bond donors (Lipinski definition) is 2. The van der Waals surface area contributed by atoms with Crippen molar-refractivity contribution in [3.63, 3.8) is 0 Å². The third kappa shape index (κ3) is 9.91. The number of rotatable bonds is 2. The topological polar surface area (TPSA) is 36.4 Å². The van der Waals surface area contributed by atoms with Crippen molar-refractivity contribution >= 4 is 28.7 Å². The van der Waals surface area contributed by atoms with E-state index in [1.165, 1.54) is 82.8 Å². The Kier molecular flexibility index (Phi) is 11.0. The molecule has 3 nitrogen and oxygen atoms in total. The normalized spacial score (nSPS) is 18.2. The monoisotopic (exact) mass is 373 g/mol. The average molecular weight is 374 g/mol. The number of nitrogens with zero attached hydrogens (tertiary/aromatic N) is 1. The Morgan fingerprint density at radius 2 is 1.15 bits per heavy atom. The lowest BCUT2D eigenvalue weighted by Gasteiger charge is -2.10. The summed E-state index contributed by atoms with van der Waals surface area (Å²) >= 11 is 5.37. The summed E-state index contributed by atoms with van der Waals surface area (Å²) in [5, 5.41) is 8.39. The summed E-state index contributed by atoms with van der Waals surface area (Å²) < 4.78 is 0. The fourth-order valence-corrected chi connectivity index (χ4v) is 3.64. The molecular weight excluding hydrogens is 338 g/mol. The first-order valence-corrected chi connectivity index (χ1v) is 10.9. The van der Waals surface area contributed by atoms with E-state index in [0.29, 0.717) is 5.11 Å². The summed E-state index contributed by atoms with van der Waals surface area (Å²) in [5.74, 6) is 0. The summed E-state index contributed by atoms with van der Waals surface area (Å²) in [5.41, 5.74) is 5.32. The number of benzene rings is 1. The molecule has 1 fully saturated rings. The zero-order valence-electron chi connectivity index (χ0n) is 16.1. The van der Waals surface area contributed by atoms with Gasteiger partial charge in [-0.15, -0.1) is 0 Å². The quantitative estimate of drug-likeness (QED) is 0.442. The van der Waals surface area contributed by atoms with Gasteiger partial charge in [-0.05, 0) is 50.0 Å². The third-order valence-electron chi connectivity index (χ3n) is 5.03. The molecule has 0 amide bonds. The van der Waals surface area contributed by atoms with E-state index in [-0.39, 0.29) is 0 Å². The number of nitrogens with one attached hydrogen (secondary N) is 2. The van der Waals surface area contributed by atoms with Crippen LogP contribution in [0.15, 0.2) is 35.4 Å². The molecule has 144 valence electrons. The van der Waals surface area contributed by atoms with Gasteiger partial charge in [0.15, 0.2) is 5.11 Å². The molecule has 2 rings (SSSR count). The minimum Gasteiger partial charge on any atom is -0.331 e. The van der Waals surface area contributed by atoms with Gasteiger partial charge in [-0.1, -0.05) is 82.4 Å². The standard InChI is InChI=1S/C22H35N3S/c26-22(23-20-16-14-11-15-17-20)25-24-21-18-12-9-7-5-3-1-2-4-6-8-10-13-19-21/h11,14-17H,1-10,12-13,18-19H2,(H2,23,25,26). The minimum absolute atomic E-state index is 0.569. The van der Waals surface area contributed by atoms with E-state index in [1.54, 1.807) is 0 Å². The minimum atomic E-state index is 0.569. The molecule has 0 atom stereocenters. The maximum absolute atomic E-state index is 5.37. The highest BCUT2D eigenvalue weighted by Gasteiger charge is 2.03. The molecule has 1 aromatic carbocycles. The molecule has 2 N–H and O–H groups in total. The van der Waals surface area contributed by atoms with Gasteiger partial charge in [0.25, 0.3) is 0 Å². The number of hydrogen-bond acceptors (Lipinski definition) is 2. The maximum Gasteiger partial charge on any atom is 0.191 e. The van der Waals surface area contributed by atoms with Gasteiger partial charge in [0.05, 0.1) is 0 Å². The summed E-state index contributed by atoms with van der Waals surface area (Å²) in [6.07, 6.45) is 18.6. The molecule has 1 aliphatic rings. The van der Waals surface area contributed by atoms with Crippen LogP contribution in [0.1, 0.15) is 89.9 Å². The Bertz CT molecular complexity index is 509. The summed E-state index contributed by atoms with van der Waals surface area (Å²) in [4.78, 5) is 0. The number of hydrazone groups is 1. The fourth-order valence-electron chi connectivity index (χ4n) is 3.47. The van der Waals surface area contributed by atoms with Crippen LogP contribution in [-0.2, 0) is 0 Å². The Morgan fingerprint density at radius 1 is 0.692 bits per heavy atom. The van der Waals surface area contributed by atoms with Gasteiger partial charge in [0.2, 0.25) is 0 Å². The smallest absolute Gasteiger partial charge is 0.191 e. The molecule has 0 unspecified atom stereocenters. The first-order valence-electron chi connectivity index (χ1n) is 10.5. The van der Waals surface area contributed by atoms with Gasteiger partial charge in [-0.2, -0.15) is 5.10 Å². The highest BCUT2D eigenvalue weighted by atomic mass is 32.1. The molecule has 1 aromatic rings. The van der Waals surface area contributed by atoms with Crippen molar-refractivity contribution in [3.05, 3.63) is 30.3 Å². The molecule has 1 saturated carbocycles. The van der Waals surface area contributed by atoms with Crippen molar-refractivity contribution in [1.29, 1.82) is 0 Å². The first-order chi connectivity index (χ1) is 12.8. The Labute approximate surface area is 165 Å². The molecule has 0 saturated heterocycles. The fraction of sp³-hybridized carbons (Fsp3) is 0.636. The zero-order valence-corrected chi connectivity index (χ0v) is 17.0. The van der Waals surface area contributed by atoms with Gasteiger partial charge in [-0.3, -0.25) is 5.43 Å². The number of thiocarbonyl (C=S) groups is 1. The Balaban J connectivity index is 1.79. The molecule has 1 aliphatic carbocycles. The van der Waals surface area contributed by atoms with Gasteiger partial charge in [0.1, 0.15) is 0 Å². The molecule has 0 aromatic heterocycles. The Hall–Kier alpha value is -1.42. The molecule has 0 bridgehead atoms. The van der Waals surface area contributed by atoms with Crippen molar-refractivity contribution in [3.8, 4) is 0 Å². The largest absolute Gasteiger partial charge is 0.331 e. The van der Waals surface area contributed by atoms with E-state index in [1.807, 2.05) is 30.3 Å². The van der Waals surface area contributed by atoms with Crippen LogP contribution in [0.25, 0.3) is 0 Å². The lowest BCUT2D eigenvalue weighted by molar-refractivity contribution is 0.548. The summed E-state index contributed by atoms with van der Waals surface area (Å²) in [7, 11) is 0. The molecular formula is C22H35N3S. The molecule has 0 aliphatic heterocycles. The van der Waals surface area contributed by atoms with Crippen LogP contribution in [0, 0.1) is 0 Å². The second-order valence-electron chi connectivity index (χ2n) is 7.35. The van der Waals surface area contributed by atoms with Gasteiger partial charge < -0.3 is 5.32 Å². The summed E-state index contributed by atoms with van der Waals surface area (Å²) in [6, 6.07) is 10.0. The van der Waals surface area contributed by atoms with Crippen LogP contribution in [-0.4, -0.2) is 10.8 Å². The van der Waals surface area contributed by atoms with Gasteiger partial charge >= 0.3 is 0 Å². The number of para-hydroxylation sites is 1. The zero-order chi connectivity index (χ0) is 18.3. The first kappa shape index (κ1) is 20.9. The predicted octanol–water partition coefficient (Wildman–Crippen LogP) is 6.80. The lowest BCUT2D eigenvalue weighted by Crippen LogP contribution is -2.25. The van der Waals surface area contributed by atoms with Crippen molar-refractivity contribution < 1.29 is 0 Å². The Morgan fingerprint density at radius 3 is 1.65 bits per heavy atom. The van der Waals surface area contributed by atoms with Crippen LogP contribution in [0.5, 0.6) is 0 Å². The summed E-state index contributed by atoms with van der Waals surface area (Å²) in [6.45, 7) is 0. The van der Waals surface area contributed by atoms with Gasteiger partial charge in [0, 0.05) is 11.4 Å². The van der Waals surface area contributed by atoms with Crippen molar-refractivity contribution in [1.82, 2.24) is 5.43 Å². The maximum atomic E-state index is 5.37.